The molecule has 146 valence electrons. The molecule has 6 heteroatoms. The number of carbonyl (C=O) groups excluding carboxylic acids is 1. The molecular weight excluding hydrogens is 362 g/mol. The SMILES string of the molecule is CN1CCC(C(=O)Nc2cnc3[nH]cc(-c4ccc5ncccc5c4)c3c2)CC1. The Hall–Kier alpha value is -3.25. The van der Waals surface area contributed by atoms with E-state index in [1.165, 1.54) is 0 Å². The second kappa shape index (κ2) is 7.29. The van der Waals surface area contributed by atoms with Gasteiger partial charge in [-0.3, -0.25) is 9.78 Å². The number of aromatic nitrogens is 3. The maximum absolute atomic E-state index is 12.7. The third kappa shape index (κ3) is 3.47. The molecule has 6 nitrogen and oxygen atoms in total. The molecule has 0 spiro atoms. The summed E-state index contributed by atoms with van der Waals surface area (Å²) in [6.07, 6.45) is 7.30. The van der Waals surface area contributed by atoms with Gasteiger partial charge in [-0.25, -0.2) is 4.98 Å². The van der Waals surface area contributed by atoms with E-state index in [0.717, 1.165) is 64.7 Å². The van der Waals surface area contributed by atoms with E-state index < -0.39 is 0 Å². The zero-order valence-electron chi connectivity index (χ0n) is 16.4. The number of amides is 1. The molecule has 1 amide bonds. The largest absolute Gasteiger partial charge is 0.346 e. The Bertz CT molecular complexity index is 1190. The minimum Gasteiger partial charge on any atom is -0.346 e. The summed E-state index contributed by atoms with van der Waals surface area (Å²) in [5, 5.41) is 5.16. The van der Waals surface area contributed by atoms with Crippen LogP contribution >= 0.6 is 0 Å². The number of hydrogen-bond donors (Lipinski definition) is 2. The van der Waals surface area contributed by atoms with Crippen molar-refractivity contribution in [2.24, 2.45) is 5.92 Å². The Balaban J connectivity index is 1.44. The van der Waals surface area contributed by atoms with Crippen LogP contribution in [0.4, 0.5) is 5.69 Å². The molecule has 2 N–H and O–H groups in total. The lowest BCUT2D eigenvalue weighted by molar-refractivity contribution is -0.121. The van der Waals surface area contributed by atoms with E-state index in [9.17, 15) is 4.79 Å². The van der Waals surface area contributed by atoms with Crippen LogP contribution in [0.1, 0.15) is 12.8 Å². The third-order valence-electron chi connectivity index (χ3n) is 5.80. The lowest BCUT2D eigenvalue weighted by Crippen LogP contribution is -2.35. The summed E-state index contributed by atoms with van der Waals surface area (Å²) in [6, 6.07) is 12.2. The summed E-state index contributed by atoms with van der Waals surface area (Å²) in [4.78, 5) is 27.1. The molecule has 0 atom stereocenters. The Morgan fingerprint density at radius 1 is 1.17 bits per heavy atom. The minimum absolute atomic E-state index is 0.0700. The maximum atomic E-state index is 12.7. The lowest BCUT2D eigenvalue weighted by Gasteiger charge is -2.28. The van der Waals surface area contributed by atoms with E-state index in [1.54, 1.807) is 12.4 Å². The highest BCUT2D eigenvalue weighted by atomic mass is 16.1. The predicted molar refractivity (Wildman–Crippen MR) is 116 cm³/mol. The molecule has 4 aromatic rings. The van der Waals surface area contributed by atoms with E-state index in [4.69, 9.17) is 0 Å². The smallest absolute Gasteiger partial charge is 0.227 e. The highest BCUT2D eigenvalue weighted by molar-refractivity contribution is 6.00. The number of hydrogen-bond acceptors (Lipinski definition) is 4. The number of fused-ring (bicyclic) bond motifs is 2. The van der Waals surface area contributed by atoms with Crippen LogP contribution in [0.5, 0.6) is 0 Å². The van der Waals surface area contributed by atoms with Crippen LogP contribution in [-0.2, 0) is 4.79 Å². The van der Waals surface area contributed by atoms with Crippen molar-refractivity contribution in [2.75, 3.05) is 25.5 Å². The molecule has 0 saturated carbocycles. The van der Waals surface area contributed by atoms with Crippen molar-refractivity contribution in [1.82, 2.24) is 19.9 Å². The second-order valence-electron chi connectivity index (χ2n) is 7.80. The third-order valence-corrected chi connectivity index (χ3v) is 5.80. The van der Waals surface area contributed by atoms with Crippen LogP contribution in [0.2, 0.25) is 0 Å². The number of piperidine rings is 1. The van der Waals surface area contributed by atoms with E-state index in [2.05, 4.69) is 50.4 Å². The number of H-pyrrole nitrogens is 1. The van der Waals surface area contributed by atoms with Gasteiger partial charge in [0.25, 0.3) is 0 Å². The number of aromatic amines is 1. The zero-order valence-corrected chi connectivity index (χ0v) is 16.4. The monoisotopic (exact) mass is 385 g/mol. The van der Waals surface area contributed by atoms with E-state index in [0.29, 0.717) is 0 Å². The maximum Gasteiger partial charge on any atom is 0.227 e. The molecule has 1 aliphatic heterocycles. The fraction of sp³-hybridized carbons (Fsp3) is 0.261. The second-order valence-corrected chi connectivity index (χ2v) is 7.80. The van der Waals surface area contributed by atoms with Crippen molar-refractivity contribution < 1.29 is 4.79 Å². The average molecular weight is 385 g/mol. The molecule has 5 rings (SSSR count). The number of carbonyl (C=O) groups is 1. The summed E-state index contributed by atoms with van der Waals surface area (Å²) in [5.74, 6) is 0.161. The van der Waals surface area contributed by atoms with Crippen LogP contribution in [0.3, 0.4) is 0 Å². The summed E-state index contributed by atoms with van der Waals surface area (Å²) >= 11 is 0. The molecular formula is C23H23N5O. The molecule has 4 heterocycles. The van der Waals surface area contributed by atoms with Crippen LogP contribution in [0.15, 0.2) is 55.0 Å². The molecule has 1 aromatic carbocycles. The highest BCUT2D eigenvalue weighted by Gasteiger charge is 2.23. The van der Waals surface area contributed by atoms with Gasteiger partial charge in [0.05, 0.1) is 17.4 Å². The van der Waals surface area contributed by atoms with Gasteiger partial charge in [0.1, 0.15) is 5.65 Å². The normalized spacial score (nSPS) is 15.8. The molecule has 29 heavy (non-hydrogen) atoms. The summed E-state index contributed by atoms with van der Waals surface area (Å²) < 4.78 is 0. The molecule has 1 saturated heterocycles. The average Bonchev–Trinajstić information content (AvgIpc) is 3.17. The summed E-state index contributed by atoms with van der Waals surface area (Å²) in [5.41, 5.74) is 4.68. The molecule has 1 fully saturated rings. The predicted octanol–water partition coefficient (Wildman–Crippen LogP) is 4.06. The van der Waals surface area contributed by atoms with Gasteiger partial charge >= 0.3 is 0 Å². The molecule has 3 aromatic heterocycles. The van der Waals surface area contributed by atoms with Crippen molar-refractivity contribution in [3.05, 3.63) is 55.0 Å². The fourth-order valence-corrected chi connectivity index (χ4v) is 4.07. The first-order valence-electron chi connectivity index (χ1n) is 9.99. The van der Waals surface area contributed by atoms with Crippen molar-refractivity contribution in [3.63, 3.8) is 0 Å². The quantitative estimate of drug-likeness (QED) is 0.558. The summed E-state index contributed by atoms with van der Waals surface area (Å²) in [7, 11) is 2.10. The van der Waals surface area contributed by atoms with E-state index in [-0.39, 0.29) is 11.8 Å². The standard InChI is InChI=1S/C23H23N5O/c1-28-9-6-15(7-10-28)23(29)27-18-12-19-20(14-26-22(19)25-13-18)16-4-5-21-17(11-16)3-2-8-24-21/h2-5,8,11-15H,6-7,9-10H2,1H3,(H,25,26)(H,27,29). The van der Waals surface area contributed by atoms with Crippen LogP contribution in [0, 0.1) is 5.92 Å². The molecule has 0 radical (unpaired) electrons. The highest BCUT2D eigenvalue weighted by Crippen LogP contribution is 2.31. The first kappa shape index (κ1) is 17.8. The van der Waals surface area contributed by atoms with Gasteiger partial charge in [-0.15, -0.1) is 0 Å². The lowest BCUT2D eigenvalue weighted by atomic mass is 9.96. The molecule has 1 aliphatic rings. The van der Waals surface area contributed by atoms with Crippen LogP contribution in [0.25, 0.3) is 33.1 Å². The topological polar surface area (TPSA) is 73.9 Å². The van der Waals surface area contributed by atoms with Gasteiger partial charge in [0.15, 0.2) is 0 Å². The molecule has 0 aliphatic carbocycles. The number of pyridine rings is 2. The zero-order chi connectivity index (χ0) is 19.8. The van der Waals surface area contributed by atoms with Gasteiger partial charge in [0, 0.05) is 34.6 Å². The van der Waals surface area contributed by atoms with Gasteiger partial charge in [0.2, 0.25) is 5.91 Å². The van der Waals surface area contributed by atoms with E-state index in [1.807, 2.05) is 24.4 Å². The number of likely N-dealkylation sites (tertiary alicyclic amines) is 1. The van der Waals surface area contributed by atoms with E-state index >= 15 is 0 Å². The summed E-state index contributed by atoms with van der Waals surface area (Å²) in [6.45, 7) is 1.93. The Labute approximate surface area is 169 Å². The van der Waals surface area contributed by atoms with Gasteiger partial charge < -0.3 is 15.2 Å². The molecule has 0 unspecified atom stereocenters. The van der Waals surface area contributed by atoms with Crippen molar-refractivity contribution in [3.8, 4) is 11.1 Å². The van der Waals surface area contributed by atoms with Crippen molar-refractivity contribution in [1.29, 1.82) is 0 Å². The Kier molecular flexibility index (Phi) is 4.48. The number of nitrogens with one attached hydrogen (secondary N) is 2. The minimum atomic E-state index is 0.0700. The van der Waals surface area contributed by atoms with Gasteiger partial charge in [-0.1, -0.05) is 12.1 Å². The fourth-order valence-electron chi connectivity index (χ4n) is 4.07. The van der Waals surface area contributed by atoms with Crippen LogP contribution in [-0.4, -0.2) is 45.9 Å². The van der Waals surface area contributed by atoms with Crippen molar-refractivity contribution in [2.45, 2.75) is 12.8 Å². The Morgan fingerprint density at radius 2 is 2.03 bits per heavy atom. The first-order chi connectivity index (χ1) is 14.2. The van der Waals surface area contributed by atoms with Gasteiger partial charge in [-0.2, -0.15) is 0 Å². The number of anilines is 1. The number of nitrogens with zero attached hydrogens (tertiary/aromatic N) is 3. The Morgan fingerprint density at radius 3 is 2.90 bits per heavy atom. The van der Waals surface area contributed by atoms with Crippen LogP contribution < -0.4 is 5.32 Å². The van der Waals surface area contributed by atoms with Gasteiger partial charge in [-0.05, 0) is 62.8 Å². The van der Waals surface area contributed by atoms with Crippen molar-refractivity contribution >= 4 is 33.5 Å². The first-order valence-corrected chi connectivity index (χ1v) is 9.99. The number of benzene rings is 1. The molecule has 0 bridgehead atoms. The number of rotatable bonds is 3.